The molecular weight excluding hydrogens is 474 g/mol. The Morgan fingerprint density at radius 3 is 2.59 bits per heavy atom. The van der Waals surface area contributed by atoms with E-state index in [1.807, 2.05) is 43.3 Å². The quantitative estimate of drug-likeness (QED) is 0.416. The highest BCUT2D eigenvalue weighted by Crippen LogP contribution is 2.37. The number of morpholine rings is 1. The van der Waals surface area contributed by atoms with E-state index < -0.39 is 0 Å². The zero-order valence-corrected chi connectivity index (χ0v) is 21.5. The van der Waals surface area contributed by atoms with E-state index >= 15 is 0 Å². The van der Waals surface area contributed by atoms with Gasteiger partial charge < -0.3 is 14.2 Å². The van der Waals surface area contributed by atoms with Gasteiger partial charge in [0.05, 0.1) is 31.6 Å². The number of anilines is 1. The highest BCUT2D eigenvalue weighted by Gasteiger charge is 2.23. The van der Waals surface area contributed by atoms with Crippen molar-refractivity contribution in [3.05, 3.63) is 47.5 Å². The molecule has 1 aliphatic heterocycles. The third-order valence-electron chi connectivity index (χ3n) is 5.76. The topological polar surface area (TPSA) is 64.1 Å². The molecule has 34 heavy (non-hydrogen) atoms. The largest absolute Gasteiger partial charge is 0.494 e. The molecule has 0 spiro atoms. The first-order valence-corrected chi connectivity index (χ1v) is 12.2. The van der Waals surface area contributed by atoms with Crippen LogP contribution < -0.4 is 14.4 Å². The summed E-state index contributed by atoms with van der Waals surface area (Å²) in [6, 6.07) is 11.3. The van der Waals surface area contributed by atoms with Crippen LogP contribution >= 0.6 is 23.7 Å². The summed E-state index contributed by atoms with van der Waals surface area (Å²) in [6.07, 6.45) is 0.856. The predicted octanol–water partition coefficient (Wildman–Crippen LogP) is 4.80. The van der Waals surface area contributed by atoms with Gasteiger partial charge in [-0.25, -0.2) is 4.98 Å². The van der Waals surface area contributed by atoms with Crippen LogP contribution in [0.5, 0.6) is 11.5 Å². The van der Waals surface area contributed by atoms with E-state index in [9.17, 15) is 4.79 Å². The number of aromatic nitrogens is 1. The monoisotopic (exact) mass is 505 g/mol. The number of methoxy groups -OCH3 is 1. The molecule has 0 aliphatic carbocycles. The summed E-state index contributed by atoms with van der Waals surface area (Å²) in [5.41, 5.74) is 2.54. The van der Waals surface area contributed by atoms with Gasteiger partial charge in [-0.15, -0.1) is 12.4 Å². The first-order valence-electron chi connectivity index (χ1n) is 11.4. The van der Waals surface area contributed by atoms with E-state index in [0.29, 0.717) is 23.8 Å². The van der Waals surface area contributed by atoms with Crippen molar-refractivity contribution in [3.8, 4) is 11.5 Å². The molecule has 1 amide bonds. The van der Waals surface area contributed by atoms with Gasteiger partial charge in [0.25, 0.3) is 5.91 Å². The van der Waals surface area contributed by atoms with Gasteiger partial charge in [0.15, 0.2) is 5.13 Å². The van der Waals surface area contributed by atoms with Crippen LogP contribution in [0.2, 0.25) is 0 Å². The highest BCUT2D eigenvalue weighted by atomic mass is 35.5. The number of nitrogens with zero attached hydrogens (tertiary/aromatic N) is 3. The van der Waals surface area contributed by atoms with Crippen molar-refractivity contribution < 1.29 is 19.0 Å². The lowest BCUT2D eigenvalue weighted by Crippen LogP contribution is -2.39. The van der Waals surface area contributed by atoms with E-state index in [4.69, 9.17) is 19.2 Å². The number of ether oxygens (including phenoxy) is 3. The average Bonchev–Trinajstić information content (AvgIpc) is 3.29. The first-order chi connectivity index (χ1) is 16.1. The Morgan fingerprint density at radius 1 is 1.18 bits per heavy atom. The fraction of sp³-hybridized carbons (Fsp3) is 0.440. The number of fused-ring (bicyclic) bond motifs is 1. The summed E-state index contributed by atoms with van der Waals surface area (Å²) >= 11 is 1.54. The second-order valence-electron chi connectivity index (χ2n) is 7.98. The van der Waals surface area contributed by atoms with Crippen molar-refractivity contribution in [2.24, 2.45) is 0 Å². The minimum Gasteiger partial charge on any atom is -0.494 e. The fourth-order valence-corrected chi connectivity index (χ4v) is 5.03. The molecule has 0 unspecified atom stereocenters. The normalized spacial score (nSPS) is 14.0. The van der Waals surface area contributed by atoms with Crippen molar-refractivity contribution in [1.29, 1.82) is 0 Å². The van der Waals surface area contributed by atoms with E-state index in [2.05, 4.69) is 11.8 Å². The van der Waals surface area contributed by atoms with Crippen LogP contribution in [0, 0.1) is 6.92 Å². The minimum atomic E-state index is -0.0595. The van der Waals surface area contributed by atoms with E-state index in [1.165, 1.54) is 11.3 Å². The number of amides is 1. The van der Waals surface area contributed by atoms with Crippen LogP contribution in [0.25, 0.3) is 10.2 Å². The number of aryl methyl sites for hydroxylation is 1. The van der Waals surface area contributed by atoms with E-state index in [-0.39, 0.29) is 18.3 Å². The van der Waals surface area contributed by atoms with Crippen LogP contribution in [0.4, 0.5) is 5.13 Å². The maximum atomic E-state index is 13.6. The van der Waals surface area contributed by atoms with Crippen molar-refractivity contribution in [3.63, 3.8) is 0 Å². The summed E-state index contributed by atoms with van der Waals surface area (Å²) in [4.78, 5) is 22.6. The van der Waals surface area contributed by atoms with Crippen LogP contribution in [0.15, 0.2) is 36.4 Å². The van der Waals surface area contributed by atoms with Gasteiger partial charge in [-0.1, -0.05) is 17.4 Å². The molecule has 184 valence electrons. The van der Waals surface area contributed by atoms with E-state index in [0.717, 1.165) is 66.5 Å². The summed E-state index contributed by atoms with van der Waals surface area (Å²) in [5, 5.41) is 0.693. The second-order valence-corrected chi connectivity index (χ2v) is 8.96. The fourth-order valence-electron chi connectivity index (χ4n) is 3.96. The van der Waals surface area contributed by atoms with Crippen molar-refractivity contribution in [2.45, 2.75) is 20.3 Å². The zero-order valence-electron chi connectivity index (χ0n) is 19.9. The molecule has 1 fully saturated rings. The second kappa shape index (κ2) is 12.4. The standard InChI is InChI=1S/C25H31N3O4S.ClH/c1-4-32-20-9-7-19(8-10-20)24(29)28(13-5-12-27-14-16-31-17-15-27)25-26-22-21(30-3)11-6-18(2)23(22)33-25;/h6-11H,4-5,12-17H2,1-3H3;1H. The zero-order chi connectivity index (χ0) is 23.2. The number of carbonyl (C=O) groups excluding carboxylic acids is 1. The number of halogens is 1. The number of rotatable bonds is 9. The third-order valence-corrected chi connectivity index (χ3v) is 6.97. The lowest BCUT2D eigenvalue weighted by Gasteiger charge is -2.27. The lowest BCUT2D eigenvalue weighted by molar-refractivity contribution is 0.0376. The average molecular weight is 506 g/mol. The molecule has 0 atom stereocenters. The molecule has 3 aromatic rings. The maximum Gasteiger partial charge on any atom is 0.260 e. The highest BCUT2D eigenvalue weighted by molar-refractivity contribution is 7.22. The number of benzene rings is 2. The van der Waals surface area contributed by atoms with Crippen LogP contribution in [-0.2, 0) is 4.74 Å². The summed E-state index contributed by atoms with van der Waals surface area (Å²) < 4.78 is 17.6. The Morgan fingerprint density at radius 2 is 1.91 bits per heavy atom. The smallest absolute Gasteiger partial charge is 0.260 e. The number of hydrogen-bond acceptors (Lipinski definition) is 7. The molecule has 7 nitrogen and oxygen atoms in total. The van der Waals surface area contributed by atoms with Crippen LogP contribution in [0.3, 0.4) is 0 Å². The first kappa shape index (κ1) is 26.2. The van der Waals surface area contributed by atoms with Crippen molar-refractivity contribution >= 4 is 45.0 Å². The molecule has 0 N–H and O–H groups in total. The van der Waals surface area contributed by atoms with Gasteiger partial charge in [-0.3, -0.25) is 14.6 Å². The van der Waals surface area contributed by atoms with Gasteiger partial charge in [-0.05, 0) is 56.2 Å². The Labute approximate surface area is 211 Å². The SMILES string of the molecule is CCOc1ccc(C(=O)N(CCCN2CCOCC2)c2nc3c(OC)ccc(C)c3s2)cc1.Cl. The molecule has 1 aromatic heterocycles. The number of thiazole rings is 1. The van der Waals surface area contributed by atoms with Gasteiger partial charge in [0.1, 0.15) is 17.0 Å². The third kappa shape index (κ3) is 5.99. The van der Waals surface area contributed by atoms with Gasteiger partial charge in [0.2, 0.25) is 0 Å². The number of hydrogen-bond donors (Lipinski definition) is 0. The number of carbonyl (C=O) groups is 1. The molecule has 1 aliphatic rings. The maximum absolute atomic E-state index is 13.6. The lowest BCUT2D eigenvalue weighted by atomic mass is 10.2. The summed E-state index contributed by atoms with van der Waals surface area (Å²) in [6.45, 7) is 9.51. The van der Waals surface area contributed by atoms with Crippen molar-refractivity contribution in [2.75, 3.05) is 58.0 Å². The molecule has 9 heteroatoms. The Kier molecular flexibility index (Phi) is 9.53. The molecule has 4 rings (SSSR count). The van der Waals surface area contributed by atoms with Crippen molar-refractivity contribution in [1.82, 2.24) is 9.88 Å². The van der Waals surface area contributed by atoms with Crippen LogP contribution in [-0.4, -0.2) is 68.9 Å². The molecule has 2 aromatic carbocycles. The van der Waals surface area contributed by atoms with Gasteiger partial charge in [-0.2, -0.15) is 0 Å². The Balaban J connectivity index is 0.00000324. The molecule has 0 radical (unpaired) electrons. The predicted molar refractivity (Wildman–Crippen MR) is 139 cm³/mol. The van der Waals surface area contributed by atoms with E-state index in [1.54, 1.807) is 12.0 Å². The molecule has 2 heterocycles. The Bertz CT molecular complexity index is 1080. The van der Waals surface area contributed by atoms with Crippen LogP contribution in [0.1, 0.15) is 29.3 Å². The molecule has 1 saturated heterocycles. The Hall–Kier alpha value is -2.39. The molecule has 0 bridgehead atoms. The summed E-state index contributed by atoms with van der Waals surface area (Å²) in [5.74, 6) is 1.42. The molecular formula is C25H32ClN3O4S. The molecule has 0 saturated carbocycles. The van der Waals surface area contributed by atoms with Gasteiger partial charge in [0, 0.05) is 31.7 Å². The minimum absolute atomic E-state index is 0. The van der Waals surface area contributed by atoms with Gasteiger partial charge >= 0.3 is 0 Å². The summed E-state index contributed by atoms with van der Waals surface area (Å²) in [7, 11) is 1.65.